The number of carbonyl (C=O) groups excluding carboxylic acids is 1. The van der Waals surface area contributed by atoms with Crippen molar-refractivity contribution in [2.75, 3.05) is 0 Å². The zero-order valence-electron chi connectivity index (χ0n) is 11.4. The van der Waals surface area contributed by atoms with E-state index in [0.29, 0.717) is 12.1 Å². The van der Waals surface area contributed by atoms with Gasteiger partial charge in [0.15, 0.2) is 0 Å². The number of nitrogens with one attached hydrogen (secondary N) is 2. The fraction of sp³-hybridized carbons (Fsp3) is 0.562. The maximum Gasteiger partial charge on any atom is 0.241 e. The van der Waals surface area contributed by atoms with E-state index < -0.39 is 0 Å². The van der Waals surface area contributed by atoms with Gasteiger partial charge in [-0.3, -0.25) is 10.1 Å². The van der Waals surface area contributed by atoms with Crippen LogP contribution in [0.1, 0.15) is 44.2 Å². The molecule has 1 aromatic carbocycles. The van der Waals surface area contributed by atoms with Crippen molar-refractivity contribution in [2.45, 2.75) is 50.7 Å². The second kappa shape index (κ2) is 5.33. The number of carbonyl (C=O) groups is 1. The van der Waals surface area contributed by atoms with E-state index >= 15 is 0 Å². The highest BCUT2D eigenvalue weighted by Gasteiger charge is 2.33. The highest BCUT2D eigenvalue weighted by molar-refractivity contribution is 5.83. The largest absolute Gasteiger partial charge is 0.352 e. The Labute approximate surface area is 114 Å². The first-order valence-corrected chi connectivity index (χ1v) is 7.35. The maximum atomic E-state index is 12.4. The van der Waals surface area contributed by atoms with E-state index in [0.717, 1.165) is 24.3 Å². The molecular weight excluding hydrogens is 236 g/mol. The predicted molar refractivity (Wildman–Crippen MR) is 75.7 cm³/mol. The standard InChI is InChI=1S/C16H22N2O/c1-11(12-7-8-12)17-15(13-5-3-2-4-6-13)16(19)18-14-9-10-14/h2-6,11-12,14-15,17H,7-10H2,1H3,(H,18,19). The lowest BCUT2D eigenvalue weighted by Gasteiger charge is -2.23. The number of hydrogen-bond donors (Lipinski definition) is 2. The van der Waals surface area contributed by atoms with Gasteiger partial charge in [-0.15, -0.1) is 0 Å². The van der Waals surface area contributed by atoms with Crippen LogP contribution in [0.2, 0.25) is 0 Å². The third kappa shape index (κ3) is 3.35. The van der Waals surface area contributed by atoms with Crippen molar-refractivity contribution in [3.8, 4) is 0 Å². The van der Waals surface area contributed by atoms with Crippen LogP contribution in [0.3, 0.4) is 0 Å². The average molecular weight is 258 g/mol. The van der Waals surface area contributed by atoms with Crippen molar-refractivity contribution in [1.29, 1.82) is 0 Å². The van der Waals surface area contributed by atoms with Crippen molar-refractivity contribution >= 4 is 5.91 Å². The molecule has 0 bridgehead atoms. The van der Waals surface area contributed by atoms with Gasteiger partial charge >= 0.3 is 0 Å². The van der Waals surface area contributed by atoms with Crippen LogP contribution in [0, 0.1) is 5.92 Å². The van der Waals surface area contributed by atoms with Gasteiger partial charge in [0.05, 0.1) is 0 Å². The molecule has 0 aromatic heterocycles. The number of benzene rings is 1. The summed E-state index contributed by atoms with van der Waals surface area (Å²) in [6.45, 7) is 2.19. The van der Waals surface area contributed by atoms with Gasteiger partial charge in [0.25, 0.3) is 0 Å². The molecule has 0 saturated heterocycles. The topological polar surface area (TPSA) is 41.1 Å². The summed E-state index contributed by atoms with van der Waals surface area (Å²) in [6.07, 6.45) is 4.84. The molecule has 2 atom stereocenters. The first-order chi connectivity index (χ1) is 9.24. The molecule has 3 heteroatoms. The van der Waals surface area contributed by atoms with Crippen LogP contribution in [0.25, 0.3) is 0 Å². The monoisotopic (exact) mass is 258 g/mol. The lowest BCUT2D eigenvalue weighted by atomic mass is 10.0. The van der Waals surface area contributed by atoms with Crippen LogP contribution in [0.5, 0.6) is 0 Å². The zero-order chi connectivity index (χ0) is 13.2. The normalized spacial score (nSPS) is 21.7. The Balaban J connectivity index is 1.71. The molecule has 3 rings (SSSR count). The fourth-order valence-electron chi connectivity index (χ4n) is 2.48. The van der Waals surface area contributed by atoms with Crippen molar-refractivity contribution < 1.29 is 4.79 Å². The van der Waals surface area contributed by atoms with Gasteiger partial charge in [-0.25, -0.2) is 0 Å². The fourth-order valence-corrected chi connectivity index (χ4v) is 2.48. The molecule has 0 heterocycles. The van der Waals surface area contributed by atoms with E-state index in [4.69, 9.17) is 0 Å². The van der Waals surface area contributed by atoms with Gasteiger partial charge in [-0.05, 0) is 44.1 Å². The van der Waals surface area contributed by atoms with Gasteiger partial charge in [0.1, 0.15) is 6.04 Å². The summed E-state index contributed by atoms with van der Waals surface area (Å²) in [5.74, 6) is 0.876. The molecule has 19 heavy (non-hydrogen) atoms. The number of hydrogen-bond acceptors (Lipinski definition) is 2. The first kappa shape index (κ1) is 12.7. The molecule has 3 nitrogen and oxygen atoms in total. The van der Waals surface area contributed by atoms with E-state index in [2.05, 4.69) is 17.6 Å². The van der Waals surface area contributed by atoms with Crippen LogP contribution in [-0.4, -0.2) is 18.0 Å². The Hall–Kier alpha value is -1.35. The molecular formula is C16H22N2O. The Morgan fingerprint density at radius 1 is 1.16 bits per heavy atom. The van der Waals surface area contributed by atoms with E-state index in [-0.39, 0.29) is 11.9 Å². The molecule has 2 saturated carbocycles. The summed E-state index contributed by atoms with van der Waals surface area (Å²) in [6, 6.07) is 10.7. The van der Waals surface area contributed by atoms with E-state index in [1.54, 1.807) is 0 Å². The average Bonchev–Trinajstić information content (AvgIpc) is 3.27. The van der Waals surface area contributed by atoms with Crippen molar-refractivity contribution in [3.63, 3.8) is 0 Å². The van der Waals surface area contributed by atoms with Crippen LogP contribution in [-0.2, 0) is 4.79 Å². The minimum absolute atomic E-state index is 0.126. The van der Waals surface area contributed by atoms with Crippen LogP contribution in [0.15, 0.2) is 30.3 Å². The molecule has 2 aliphatic carbocycles. The summed E-state index contributed by atoms with van der Waals surface area (Å²) in [5.41, 5.74) is 1.06. The van der Waals surface area contributed by atoms with Gasteiger partial charge < -0.3 is 5.32 Å². The summed E-state index contributed by atoms with van der Waals surface area (Å²) in [5, 5.41) is 6.63. The second-order valence-electron chi connectivity index (χ2n) is 5.92. The lowest BCUT2D eigenvalue weighted by Crippen LogP contribution is -2.42. The van der Waals surface area contributed by atoms with Gasteiger partial charge in [0.2, 0.25) is 5.91 Å². The molecule has 0 radical (unpaired) electrons. The Morgan fingerprint density at radius 3 is 2.42 bits per heavy atom. The van der Waals surface area contributed by atoms with Crippen molar-refractivity contribution in [1.82, 2.24) is 10.6 Å². The highest BCUT2D eigenvalue weighted by Crippen LogP contribution is 2.33. The summed E-state index contributed by atoms with van der Waals surface area (Å²) in [4.78, 5) is 12.4. The van der Waals surface area contributed by atoms with Crippen molar-refractivity contribution in [3.05, 3.63) is 35.9 Å². The second-order valence-corrected chi connectivity index (χ2v) is 5.92. The molecule has 102 valence electrons. The van der Waals surface area contributed by atoms with Crippen molar-refractivity contribution in [2.24, 2.45) is 5.92 Å². The molecule has 2 unspecified atom stereocenters. The summed E-state index contributed by atoms with van der Waals surface area (Å²) < 4.78 is 0. The molecule has 0 aliphatic heterocycles. The van der Waals surface area contributed by atoms with Crippen LogP contribution < -0.4 is 10.6 Å². The minimum Gasteiger partial charge on any atom is -0.352 e. The van der Waals surface area contributed by atoms with Gasteiger partial charge in [-0.2, -0.15) is 0 Å². The summed E-state index contributed by atoms with van der Waals surface area (Å²) in [7, 11) is 0. The smallest absolute Gasteiger partial charge is 0.241 e. The third-order valence-electron chi connectivity index (χ3n) is 4.08. The Kier molecular flexibility index (Phi) is 3.56. The zero-order valence-corrected chi connectivity index (χ0v) is 11.4. The number of amides is 1. The molecule has 1 aromatic rings. The van der Waals surface area contributed by atoms with Crippen LogP contribution >= 0.6 is 0 Å². The van der Waals surface area contributed by atoms with E-state index in [1.165, 1.54) is 12.8 Å². The quantitative estimate of drug-likeness (QED) is 0.822. The Morgan fingerprint density at radius 2 is 1.84 bits per heavy atom. The Bertz CT molecular complexity index is 437. The SMILES string of the molecule is CC(NC(C(=O)NC1CC1)c1ccccc1)C1CC1. The number of rotatable bonds is 6. The van der Waals surface area contributed by atoms with E-state index in [1.807, 2.05) is 30.3 Å². The van der Waals surface area contributed by atoms with E-state index in [9.17, 15) is 4.79 Å². The molecule has 0 spiro atoms. The van der Waals surface area contributed by atoms with Crippen LogP contribution in [0.4, 0.5) is 0 Å². The highest BCUT2D eigenvalue weighted by atomic mass is 16.2. The third-order valence-corrected chi connectivity index (χ3v) is 4.08. The molecule has 1 amide bonds. The van der Waals surface area contributed by atoms with Gasteiger partial charge in [-0.1, -0.05) is 30.3 Å². The molecule has 2 aliphatic rings. The molecule has 2 N–H and O–H groups in total. The minimum atomic E-state index is -0.211. The lowest BCUT2D eigenvalue weighted by molar-refractivity contribution is -0.123. The maximum absolute atomic E-state index is 12.4. The first-order valence-electron chi connectivity index (χ1n) is 7.35. The molecule has 2 fully saturated rings. The van der Waals surface area contributed by atoms with Gasteiger partial charge in [0, 0.05) is 12.1 Å². The predicted octanol–water partition coefficient (Wildman–Crippen LogP) is 2.39. The summed E-state index contributed by atoms with van der Waals surface area (Å²) >= 11 is 0.